The summed E-state index contributed by atoms with van der Waals surface area (Å²) in [7, 11) is 1.61. The molecular formula is C27H34N4O4. The maximum atomic E-state index is 13.5. The number of carbonyl (C=O) groups is 3. The molecule has 186 valence electrons. The molecule has 3 amide bonds. The van der Waals surface area contributed by atoms with E-state index in [9.17, 15) is 14.4 Å². The van der Waals surface area contributed by atoms with Gasteiger partial charge in [-0.15, -0.1) is 0 Å². The van der Waals surface area contributed by atoms with Gasteiger partial charge in [-0.3, -0.25) is 19.3 Å². The van der Waals surface area contributed by atoms with Crippen molar-refractivity contribution in [2.75, 3.05) is 43.1 Å². The highest BCUT2D eigenvalue weighted by Crippen LogP contribution is 2.40. The van der Waals surface area contributed by atoms with E-state index in [2.05, 4.69) is 10.2 Å². The maximum Gasteiger partial charge on any atom is 0.253 e. The lowest BCUT2D eigenvalue weighted by molar-refractivity contribution is -0.125. The highest BCUT2D eigenvalue weighted by atomic mass is 16.5. The van der Waals surface area contributed by atoms with Crippen molar-refractivity contribution in [3.8, 4) is 5.75 Å². The van der Waals surface area contributed by atoms with Crippen LogP contribution < -0.4 is 19.9 Å². The number of piperidine rings is 1. The fourth-order valence-corrected chi connectivity index (χ4v) is 4.89. The van der Waals surface area contributed by atoms with Crippen LogP contribution in [0.2, 0.25) is 0 Å². The summed E-state index contributed by atoms with van der Waals surface area (Å²) in [5.41, 5.74) is 3.01. The number of hydrogen-bond acceptors (Lipinski definition) is 5. The minimum Gasteiger partial charge on any atom is -0.497 e. The van der Waals surface area contributed by atoms with E-state index in [1.165, 1.54) is 0 Å². The van der Waals surface area contributed by atoms with E-state index >= 15 is 0 Å². The number of amides is 3. The molecule has 0 bridgehead atoms. The van der Waals surface area contributed by atoms with Crippen LogP contribution in [-0.4, -0.2) is 62.0 Å². The third-order valence-electron chi connectivity index (χ3n) is 6.88. The Balaban J connectivity index is 1.57. The number of ether oxygens (including phenoxy) is 1. The third kappa shape index (κ3) is 5.11. The summed E-state index contributed by atoms with van der Waals surface area (Å²) < 4.78 is 5.18. The van der Waals surface area contributed by atoms with Gasteiger partial charge in [0.25, 0.3) is 5.91 Å². The smallest absolute Gasteiger partial charge is 0.253 e. The van der Waals surface area contributed by atoms with E-state index < -0.39 is 0 Å². The lowest BCUT2D eigenvalue weighted by Gasteiger charge is -2.45. The molecule has 2 aromatic rings. The number of anilines is 2. The molecule has 1 N–H and O–H groups in total. The van der Waals surface area contributed by atoms with E-state index in [0.717, 1.165) is 42.8 Å². The van der Waals surface area contributed by atoms with Gasteiger partial charge >= 0.3 is 0 Å². The number of fused-ring (bicyclic) bond motifs is 3. The van der Waals surface area contributed by atoms with E-state index in [0.29, 0.717) is 30.9 Å². The van der Waals surface area contributed by atoms with Crippen molar-refractivity contribution in [2.24, 2.45) is 0 Å². The molecule has 4 rings (SSSR count). The molecule has 0 saturated carbocycles. The standard InChI is InChI=1S/C27H34N4O4/c1-4-29(5-2)26(33)20-11-14-22-24(16-20)31(27(34)23-8-6-7-15-30(22)23)18-25(32)28-17-19-9-12-21(35-3)13-10-19/h9-14,16,23H,4-8,15,17-18H2,1-3H3,(H,28,32). The van der Waals surface area contributed by atoms with Crippen LogP contribution in [0.4, 0.5) is 11.4 Å². The molecule has 0 aromatic heterocycles. The quantitative estimate of drug-likeness (QED) is 0.630. The molecule has 2 heterocycles. The molecule has 8 heteroatoms. The van der Waals surface area contributed by atoms with Gasteiger partial charge in [0, 0.05) is 31.7 Å². The first kappa shape index (κ1) is 24.6. The number of nitrogens with one attached hydrogen (secondary N) is 1. The summed E-state index contributed by atoms with van der Waals surface area (Å²) in [6.45, 7) is 6.17. The Hall–Kier alpha value is -3.55. The Morgan fingerprint density at radius 3 is 2.49 bits per heavy atom. The number of methoxy groups -OCH3 is 1. The zero-order valence-corrected chi connectivity index (χ0v) is 20.8. The second kappa shape index (κ2) is 10.8. The van der Waals surface area contributed by atoms with Crippen LogP contribution in [0.1, 0.15) is 49.0 Å². The minimum absolute atomic E-state index is 0.0741. The lowest BCUT2D eigenvalue weighted by atomic mass is 9.95. The number of carbonyl (C=O) groups excluding carboxylic acids is 3. The van der Waals surface area contributed by atoms with Crippen molar-refractivity contribution in [1.29, 1.82) is 0 Å². The summed E-state index contributed by atoms with van der Waals surface area (Å²) in [4.78, 5) is 44.9. The van der Waals surface area contributed by atoms with Crippen LogP contribution in [-0.2, 0) is 16.1 Å². The van der Waals surface area contributed by atoms with Crippen molar-refractivity contribution in [2.45, 2.75) is 45.7 Å². The Kier molecular flexibility index (Phi) is 7.58. The fourth-order valence-electron chi connectivity index (χ4n) is 4.89. The number of rotatable bonds is 8. The average Bonchev–Trinajstić information content (AvgIpc) is 2.90. The molecule has 1 saturated heterocycles. The lowest BCUT2D eigenvalue weighted by Crippen LogP contribution is -2.57. The monoisotopic (exact) mass is 478 g/mol. The first-order chi connectivity index (χ1) is 17.0. The summed E-state index contributed by atoms with van der Waals surface area (Å²) in [6.07, 6.45) is 2.77. The van der Waals surface area contributed by atoms with Crippen LogP contribution in [0.3, 0.4) is 0 Å². The largest absolute Gasteiger partial charge is 0.497 e. The van der Waals surface area contributed by atoms with E-state index in [-0.39, 0.29) is 30.3 Å². The summed E-state index contributed by atoms with van der Waals surface area (Å²) >= 11 is 0. The van der Waals surface area contributed by atoms with Gasteiger partial charge < -0.3 is 19.9 Å². The van der Waals surface area contributed by atoms with E-state index in [4.69, 9.17) is 4.74 Å². The van der Waals surface area contributed by atoms with Crippen LogP contribution in [0, 0.1) is 0 Å². The van der Waals surface area contributed by atoms with Gasteiger partial charge in [0.2, 0.25) is 11.8 Å². The second-order valence-corrected chi connectivity index (χ2v) is 8.94. The highest BCUT2D eigenvalue weighted by Gasteiger charge is 2.40. The number of benzene rings is 2. The zero-order valence-electron chi connectivity index (χ0n) is 20.8. The highest BCUT2D eigenvalue weighted by molar-refractivity contribution is 6.09. The molecular weight excluding hydrogens is 444 g/mol. The van der Waals surface area contributed by atoms with Crippen molar-refractivity contribution >= 4 is 29.1 Å². The van der Waals surface area contributed by atoms with Crippen LogP contribution in [0.5, 0.6) is 5.75 Å². The molecule has 0 radical (unpaired) electrons. The first-order valence-corrected chi connectivity index (χ1v) is 12.4. The minimum atomic E-state index is -0.269. The topological polar surface area (TPSA) is 82.2 Å². The van der Waals surface area contributed by atoms with Crippen molar-refractivity contribution < 1.29 is 19.1 Å². The maximum absolute atomic E-state index is 13.5. The predicted octanol–water partition coefficient (Wildman–Crippen LogP) is 3.20. The molecule has 1 unspecified atom stereocenters. The van der Waals surface area contributed by atoms with Crippen molar-refractivity contribution in [3.63, 3.8) is 0 Å². The zero-order chi connectivity index (χ0) is 24.9. The second-order valence-electron chi connectivity index (χ2n) is 8.94. The SMILES string of the molecule is CCN(CC)C(=O)c1ccc2c(c1)N(CC(=O)NCc1ccc(OC)cc1)C(=O)C1CCCCN21. The van der Waals surface area contributed by atoms with Crippen LogP contribution in [0.25, 0.3) is 0 Å². The van der Waals surface area contributed by atoms with E-state index in [1.807, 2.05) is 50.2 Å². The van der Waals surface area contributed by atoms with Crippen molar-refractivity contribution in [1.82, 2.24) is 10.2 Å². The predicted molar refractivity (Wildman–Crippen MR) is 136 cm³/mol. The van der Waals surface area contributed by atoms with Gasteiger partial charge in [0.1, 0.15) is 18.3 Å². The van der Waals surface area contributed by atoms with Gasteiger partial charge in [-0.1, -0.05) is 12.1 Å². The molecule has 0 spiro atoms. The number of nitrogens with zero attached hydrogens (tertiary/aromatic N) is 3. The van der Waals surface area contributed by atoms with Crippen LogP contribution in [0.15, 0.2) is 42.5 Å². The van der Waals surface area contributed by atoms with Gasteiger partial charge in [0.05, 0.1) is 18.5 Å². The Labute approximate surface area is 206 Å². The molecule has 1 atom stereocenters. The van der Waals surface area contributed by atoms with Crippen LogP contribution >= 0.6 is 0 Å². The summed E-state index contributed by atoms with van der Waals surface area (Å²) in [5, 5.41) is 2.92. The molecule has 2 aliphatic heterocycles. The van der Waals surface area contributed by atoms with Gasteiger partial charge in [0.15, 0.2) is 0 Å². The molecule has 1 fully saturated rings. The Bertz CT molecular complexity index is 1080. The Morgan fingerprint density at radius 2 is 1.80 bits per heavy atom. The molecule has 35 heavy (non-hydrogen) atoms. The number of hydrogen-bond donors (Lipinski definition) is 1. The molecule has 2 aromatic carbocycles. The van der Waals surface area contributed by atoms with Gasteiger partial charge in [-0.05, 0) is 69.0 Å². The third-order valence-corrected chi connectivity index (χ3v) is 6.88. The van der Waals surface area contributed by atoms with E-state index in [1.54, 1.807) is 23.0 Å². The van der Waals surface area contributed by atoms with Gasteiger partial charge in [-0.2, -0.15) is 0 Å². The van der Waals surface area contributed by atoms with Crippen molar-refractivity contribution in [3.05, 3.63) is 53.6 Å². The average molecular weight is 479 g/mol. The Morgan fingerprint density at radius 1 is 1.06 bits per heavy atom. The fraction of sp³-hybridized carbons (Fsp3) is 0.444. The summed E-state index contributed by atoms with van der Waals surface area (Å²) in [6, 6.07) is 12.7. The molecule has 8 nitrogen and oxygen atoms in total. The summed E-state index contributed by atoms with van der Waals surface area (Å²) in [5.74, 6) is 0.353. The molecule has 0 aliphatic carbocycles. The van der Waals surface area contributed by atoms with Gasteiger partial charge in [-0.25, -0.2) is 0 Å². The normalized spacial score (nSPS) is 16.9. The molecule has 2 aliphatic rings. The first-order valence-electron chi connectivity index (χ1n) is 12.4.